The second kappa shape index (κ2) is 8.68. The lowest BCUT2D eigenvalue weighted by Gasteiger charge is -2.20. The Morgan fingerprint density at radius 1 is 1.43 bits per heavy atom. The van der Waals surface area contributed by atoms with E-state index in [0.717, 1.165) is 32.2 Å². The molecule has 118 valence electrons. The van der Waals surface area contributed by atoms with Gasteiger partial charge in [0.05, 0.1) is 0 Å². The highest BCUT2D eigenvalue weighted by molar-refractivity contribution is 5.93. The zero-order chi connectivity index (χ0) is 15.7. The SMILES string of the molecule is CCC(C)(O)C#CC(=O)NCCCN1CCCCCC1=O. The van der Waals surface area contributed by atoms with Gasteiger partial charge in [-0.2, -0.15) is 0 Å². The Kier molecular flexibility index (Phi) is 7.24. The third-order valence-corrected chi connectivity index (χ3v) is 3.70. The van der Waals surface area contributed by atoms with Crippen LogP contribution in [0.15, 0.2) is 0 Å². The van der Waals surface area contributed by atoms with Crippen LogP contribution in [-0.2, 0) is 9.59 Å². The molecule has 1 atom stereocenters. The van der Waals surface area contributed by atoms with Crippen LogP contribution in [0.4, 0.5) is 0 Å². The first kappa shape index (κ1) is 17.5. The third kappa shape index (κ3) is 7.14. The van der Waals surface area contributed by atoms with Gasteiger partial charge in [-0.15, -0.1) is 0 Å². The zero-order valence-electron chi connectivity index (χ0n) is 13.1. The summed E-state index contributed by atoms with van der Waals surface area (Å²) in [6, 6.07) is 0. The minimum atomic E-state index is -1.12. The minimum absolute atomic E-state index is 0.220. The summed E-state index contributed by atoms with van der Waals surface area (Å²) >= 11 is 0. The largest absolute Gasteiger partial charge is 0.378 e. The number of hydrogen-bond acceptors (Lipinski definition) is 3. The van der Waals surface area contributed by atoms with Gasteiger partial charge in [0.15, 0.2) is 0 Å². The van der Waals surface area contributed by atoms with Gasteiger partial charge in [-0.3, -0.25) is 9.59 Å². The second-order valence-corrected chi connectivity index (χ2v) is 5.68. The molecule has 0 aromatic carbocycles. The van der Waals surface area contributed by atoms with Crippen molar-refractivity contribution in [3.05, 3.63) is 0 Å². The van der Waals surface area contributed by atoms with Gasteiger partial charge in [0.1, 0.15) is 5.60 Å². The zero-order valence-corrected chi connectivity index (χ0v) is 13.1. The van der Waals surface area contributed by atoms with E-state index in [-0.39, 0.29) is 11.8 Å². The average molecular weight is 294 g/mol. The molecule has 2 amide bonds. The minimum Gasteiger partial charge on any atom is -0.378 e. The quantitative estimate of drug-likeness (QED) is 0.588. The highest BCUT2D eigenvalue weighted by Crippen LogP contribution is 2.11. The van der Waals surface area contributed by atoms with Crippen LogP contribution in [0.5, 0.6) is 0 Å². The van der Waals surface area contributed by atoms with Crippen LogP contribution in [0.25, 0.3) is 0 Å². The van der Waals surface area contributed by atoms with Gasteiger partial charge in [-0.25, -0.2) is 0 Å². The summed E-state index contributed by atoms with van der Waals surface area (Å²) in [5.41, 5.74) is -1.12. The van der Waals surface area contributed by atoms with Crippen molar-refractivity contribution >= 4 is 11.8 Å². The summed E-state index contributed by atoms with van der Waals surface area (Å²) in [5.74, 6) is 4.78. The van der Waals surface area contributed by atoms with Crippen LogP contribution in [0.1, 0.15) is 52.4 Å². The van der Waals surface area contributed by atoms with Gasteiger partial charge in [0.2, 0.25) is 5.91 Å². The molecule has 0 aromatic rings. The molecule has 0 bridgehead atoms. The van der Waals surface area contributed by atoms with E-state index >= 15 is 0 Å². The maximum atomic E-state index is 11.8. The first-order valence-electron chi connectivity index (χ1n) is 7.76. The van der Waals surface area contributed by atoms with Gasteiger partial charge in [0, 0.05) is 26.1 Å². The molecular formula is C16H26N2O3. The normalized spacial score (nSPS) is 18.2. The third-order valence-electron chi connectivity index (χ3n) is 3.70. The number of aliphatic hydroxyl groups is 1. The summed E-state index contributed by atoms with van der Waals surface area (Å²) in [6.45, 7) is 5.39. The van der Waals surface area contributed by atoms with E-state index in [2.05, 4.69) is 17.2 Å². The number of carbonyl (C=O) groups is 2. The molecule has 2 N–H and O–H groups in total. The number of hydrogen-bond donors (Lipinski definition) is 2. The van der Waals surface area contributed by atoms with Crippen molar-refractivity contribution in [3.63, 3.8) is 0 Å². The maximum Gasteiger partial charge on any atom is 0.295 e. The molecule has 1 aliphatic rings. The number of likely N-dealkylation sites (tertiary alicyclic amines) is 1. The molecule has 1 rings (SSSR count). The van der Waals surface area contributed by atoms with Gasteiger partial charge in [-0.05, 0) is 38.5 Å². The highest BCUT2D eigenvalue weighted by Gasteiger charge is 2.16. The lowest BCUT2D eigenvalue weighted by molar-refractivity contribution is -0.130. The summed E-state index contributed by atoms with van der Waals surface area (Å²) in [4.78, 5) is 25.2. The summed E-state index contributed by atoms with van der Waals surface area (Å²) in [7, 11) is 0. The van der Waals surface area contributed by atoms with Crippen molar-refractivity contribution in [2.24, 2.45) is 0 Å². The molecular weight excluding hydrogens is 268 g/mol. The summed E-state index contributed by atoms with van der Waals surface area (Å²) in [5, 5.41) is 12.4. The maximum absolute atomic E-state index is 11.8. The van der Waals surface area contributed by atoms with Crippen molar-refractivity contribution in [3.8, 4) is 11.8 Å². The first-order valence-corrected chi connectivity index (χ1v) is 7.76. The summed E-state index contributed by atoms with van der Waals surface area (Å²) in [6.07, 6.45) is 5.01. The van der Waals surface area contributed by atoms with Gasteiger partial charge in [-0.1, -0.05) is 19.3 Å². The van der Waals surface area contributed by atoms with Crippen LogP contribution in [0.2, 0.25) is 0 Å². The monoisotopic (exact) mass is 294 g/mol. The number of nitrogens with one attached hydrogen (secondary N) is 1. The number of nitrogens with zero attached hydrogens (tertiary/aromatic N) is 1. The predicted octanol–water partition coefficient (Wildman–Crippen LogP) is 1.06. The molecule has 0 saturated carbocycles. The molecule has 1 aliphatic heterocycles. The molecule has 0 spiro atoms. The van der Waals surface area contributed by atoms with Crippen LogP contribution in [0, 0.1) is 11.8 Å². The number of rotatable bonds is 5. The van der Waals surface area contributed by atoms with Crippen LogP contribution < -0.4 is 5.32 Å². The molecule has 0 radical (unpaired) electrons. The molecule has 1 heterocycles. The van der Waals surface area contributed by atoms with E-state index in [1.54, 1.807) is 6.92 Å². The fourth-order valence-corrected chi connectivity index (χ4v) is 2.07. The van der Waals surface area contributed by atoms with E-state index < -0.39 is 5.60 Å². The number of amides is 2. The lowest BCUT2D eigenvalue weighted by Crippen LogP contribution is -2.33. The average Bonchev–Trinajstić information content (AvgIpc) is 2.66. The van der Waals surface area contributed by atoms with E-state index in [0.29, 0.717) is 25.9 Å². The van der Waals surface area contributed by atoms with E-state index in [9.17, 15) is 14.7 Å². The van der Waals surface area contributed by atoms with Crippen LogP contribution in [-0.4, -0.2) is 47.1 Å². The molecule has 1 fully saturated rings. The molecule has 21 heavy (non-hydrogen) atoms. The van der Waals surface area contributed by atoms with Gasteiger partial charge >= 0.3 is 0 Å². The molecule has 1 unspecified atom stereocenters. The predicted molar refractivity (Wildman–Crippen MR) is 81.4 cm³/mol. The Morgan fingerprint density at radius 3 is 2.90 bits per heavy atom. The number of carbonyl (C=O) groups excluding carboxylic acids is 2. The Morgan fingerprint density at radius 2 is 2.19 bits per heavy atom. The van der Waals surface area contributed by atoms with Gasteiger partial charge < -0.3 is 15.3 Å². The van der Waals surface area contributed by atoms with Crippen molar-refractivity contribution < 1.29 is 14.7 Å². The fourth-order valence-electron chi connectivity index (χ4n) is 2.07. The second-order valence-electron chi connectivity index (χ2n) is 5.68. The van der Waals surface area contributed by atoms with E-state index in [1.807, 2.05) is 11.8 Å². The fraction of sp³-hybridized carbons (Fsp3) is 0.750. The molecule has 1 saturated heterocycles. The Bertz CT molecular complexity index is 421. The van der Waals surface area contributed by atoms with Crippen molar-refractivity contribution in [1.82, 2.24) is 10.2 Å². The highest BCUT2D eigenvalue weighted by atomic mass is 16.3. The van der Waals surface area contributed by atoms with Crippen molar-refractivity contribution in [1.29, 1.82) is 0 Å². The van der Waals surface area contributed by atoms with Crippen LogP contribution in [0.3, 0.4) is 0 Å². The van der Waals surface area contributed by atoms with E-state index in [4.69, 9.17) is 0 Å². The topological polar surface area (TPSA) is 69.6 Å². The van der Waals surface area contributed by atoms with Crippen LogP contribution >= 0.6 is 0 Å². The van der Waals surface area contributed by atoms with Crippen molar-refractivity contribution in [2.45, 2.75) is 58.0 Å². The van der Waals surface area contributed by atoms with Crippen molar-refractivity contribution in [2.75, 3.05) is 19.6 Å². The molecule has 0 aromatic heterocycles. The van der Waals surface area contributed by atoms with E-state index in [1.165, 1.54) is 0 Å². The summed E-state index contributed by atoms with van der Waals surface area (Å²) < 4.78 is 0. The first-order chi connectivity index (χ1) is 9.94. The standard InChI is InChI=1S/C16H26N2O3/c1-3-16(2,21)10-9-14(19)17-11-7-13-18-12-6-4-5-8-15(18)20/h21H,3-8,11-13H2,1-2H3,(H,17,19). The van der Waals surface area contributed by atoms with Gasteiger partial charge in [0.25, 0.3) is 5.91 Å². The smallest absolute Gasteiger partial charge is 0.295 e. The molecule has 5 nitrogen and oxygen atoms in total. The molecule has 5 heteroatoms. The molecule has 0 aliphatic carbocycles. The Balaban J connectivity index is 2.24. The Labute approximate surface area is 127 Å². The Hall–Kier alpha value is -1.54. The lowest BCUT2D eigenvalue weighted by atomic mass is 10.1.